The van der Waals surface area contributed by atoms with Crippen LogP contribution in [0.25, 0.3) is 0 Å². The SMILES string of the molecule is CCCOc1cccc(C(=O)Nc2cc(C)ccc2Br)c1. The Morgan fingerprint density at radius 3 is 2.81 bits per heavy atom. The largest absolute Gasteiger partial charge is 0.494 e. The second-order valence-electron chi connectivity index (χ2n) is 4.81. The molecule has 0 saturated carbocycles. The van der Waals surface area contributed by atoms with E-state index in [1.54, 1.807) is 12.1 Å². The van der Waals surface area contributed by atoms with Gasteiger partial charge < -0.3 is 10.1 Å². The predicted octanol–water partition coefficient (Wildman–Crippen LogP) is 4.80. The molecule has 0 aliphatic rings. The lowest BCUT2D eigenvalue weighted by atomic mass is 10.2. The van der Waals surface area contributed by atoms with Gasteiger partial charge in [0.05, 0.1) is 12.3 Å². The second-order valence-corrected chi connectivity index (χ2v) is 5.67. The molecule has 0 spiro atoms. The van der Waals surface area contributed by atoms with E-state index in [2.05, 4.69) is 21.2 Å². The average molecular weight is 348 g/mol. The summed E-state index contributed by atoms with van der Waals surface area (Å²) in [6.07, 6.45) is 0.937. The van der Waals surface area contributed by atoms with E-state index in [9.17, 15) is 4.79 Å². The Hall–Kier alpha value is -1.81. The summed E-state index contributed by atoms with van der Waals surface area (Å²) < 4.78 is 6.41. The van der Waals surface area contributed by atoms with Gasteiger partial charge in [0.1, 0.15) is 5.75 Å². The van der Waals surface area contributed by atoms with E-state index in [0.717, 1.165) is 22.1 Å². The van der Waals surface area contributed by atoms with Gasteiger partial charge in [0, 0.05) is 10.0 Å². The first-order valence-corrected chi connectivity index (χ1v) is 7.70. The topological polar surface area (TPSA) is 38.3 Å². The van der Waals surface area contributed by atoms with Crippen molar-refractivity contribution in [3.63, 3.8) is 0 Å². The van der Waals surface area contributed by atoms with Crippen LogP contribution in [0.3, 0.4) is 0 Å². The molecule has 1 N–H and O–H groups in total. The minimum absolute atomic E-state index is 0.150. The Bertz CT molecular complexity index is 640. The van der Waals surface area contributed by atoms with E-state index in [4.69, 9.17) is 4.74 Å². The maximum absolute atomic E-state index is 12.3. The lowest BCUT2D eigenvalue weighted by Gasteiger charge is -2.10. The van der Waals surface area contributed by atoms with E-state index in [1.165, 1.54) is 0 Å². The first-order chi connectivity index (χ1) is 10.1. The Kier molecular flexibility index (Phi) is 5.39. The number of amides is 1. The van der Waals surface area contributed by atoms with Crippen molar-refractivity contribution in [1.29, 1.82) is 0 Å². The molecule has 0 bridgehead atoms. The highest BCUT2D eigenvalue weighted by atomic mass is 79.9. The molecule has 0 heterocycles. The van der Waals surface area contributed by atoms with E-state index < -0.39 is 0 Å². The van der Waals surface area contributed by atoms with Crippen LogP contribution >= 0.6 is 15.9 Å². The predicted molar refractivity (Wildman–Crippen MR) is 89.1 cm³/mol. The minimum atomic E-state index is -0.150. The van der Waals surface area contributed by atoms with Gasteiger partial charge in [-0.05, 0) is 65.2 Å². The molecule has 0 saturated heterocycles. The highest BCUT2D eigenvalue weighted by Gasteiger charge is 2.09. The zero-order valence-corrected chi connectivity index (χ0v) is 13.7. The lowest BCUT2D eigenvalue weighted by Crippen LogP contribution is -2.12. The van der Waals surface area contributed by atoms with Crippen molar-refractivity contribution < 1.29 is 9.53 Å². The number of halogens is 1. The molecule has 0 aromatic heterocycles. The monoisotopic (exact) mass is 347 g/mol. The summed E-state index contributed by atoms with van der Waals surface area (Å²) in [6, 6.07) is 13.1. The van der Waals surface area contributed by atoms with Crippen LogP contribution in [0.2, 0.25) is 0 Å². The molecular formula is C17H18BrNO2. The van der Waals surface area contributed by atoms with Gasteiger partial charge in [0.2, 0.25) is 0 Å². The van der Waals surface area contributed by atoms with E-state index in [-0.39, 0.29) is 5.91 Å². The summed E-state index contributed by atoms with van der Waals surface area (Å²) in [6.45, 7) is 4.68. The Morgan fingerprint density at radius 1 is 1.24 bits per heavy atom. The number of carbonyl (C=O) groups excluding carboxylic acids is 1. The third kappa shape index (κ3) is 4.33. The second kappa shape index (κ2) is 7.27. The fourth-order valence-electron chi connectivity index (χ4n) is 1.88. The molecule has 1 amide bonds. The first-order valence-electron chi connectivity index (χ1n) is 6.90. The van der Waals surface area contributed by atoms with Crippen LogP contribution < -0.4 is 10.1 Å². The van der Waals surface area contributed by atoms with Gasteiger partial charge in [-0.1, -0.05) is 19.1 Å². The van der Waals surface area contributed by atoms with Crippen molar-refractivity contribution in [1.82, 2.24) is 0 Å². The number of nitrogens with one attached hydrogen (secondary N) is 1. The Labute approximate surface area is 133 Å². The number of aryl methyl sites for hydroxylation is 1. The standard InChI is InChI=1S/C17H18BrNO2/c1-3-9-21-14-6-4-5-13(11-14)17(20)19-16-10-12(2)7-8-15(16)18/h4-8,10-11H,3,9H2,1-2H3,(H,19,20). The molecule has 0 aliphatic heterocycles. The van der Waals surface area contributed by atoms with Crippen molar-refractivity contribution >= 4 is 27.5 Å². The van der Waals surface area contributed by atoms with Crippen molar-refractivity contribution in [3.8, 4) is 5.75 Å². The summed E-state index contributed by atoms with van der Waals surface area (Å²) in [5.74, 6) is 0.566. The summed E-state index contributed by atoms with van der Waals surface area (Å²) in [7, 11) is 0. The average Bonchev–Trinajstić information content (AvgIpc) is 2.49. The maximum atomic E-state index is 12.3. The lowest BCUT2D eigenvalue weighted by molar-refractivity contribution is 0.102. The van der Waals surface area contributed by atoms with Crippen molar-refractivity contribution in [2.75, 3.05) is 11.9 Å². The molecule has 3 nitrogen and oxygen atoms in total. The first kappa shape index (κ1) is 15.6. The van der Waals surface area contributed by atoms with Crippen molar-refractivity contribution in [2.24, 2.45) is 0 Å². The molecular weight excluding hydrogens is 330 g/mol. The minimum Gasteiger partial charge on any atom is -0.494 e. The molecule has 4 heteroatoms. The molecule has 2 aromatic rings. The molecule has 2 aromatic carbocycles. The fraction of sp³-hybridized carbons (Fsp3) is 0.235. The molecule has 0 aliphatic carbocycles. The number of ether oxygens (including phenoxy) is 1. The van der Waals surface area contributed by atoms with Crippen LogP contribution in [0.15, 0.2) is 46.9 Å². The van der Waals surface area contributed by atoms with Gasteiger partial charge in [-0.25, -0.2) is 0 Å². The van der Waals surface area contributed by atoms with E-state index >= 15 is 0 Å². The van der Waals surface area contributed by atoms with Crippen molar-refractivity contribution in [2.45, 2.75) is 20.3 Å². The summed E-state index contributed by atoms with van der Waals surface area (Å²) in [4.78, 5) is 12.3. The number of anilines is 1. The normalized spacial score (nSPS) is 10.2. The number of hydrogen-bond acceptors (Lipinski definition) is 2. The highest BCUT2D eigenvalue weighted by molar-refractivity contribution is 9.10. The summed E-state index contributed by atoms with van der Waals surface area (Å²) in [5, 5.41) is 2.91. The Balaban J connectivity index is 2.14. The smallest absolute Gasteiger partial charge is 0.255 e. The summed E-state index contributed by atoms with van der Waals surface area (Å²) >= 11 is 3.44. The van der Waals surface area contributed by atoms with Crippen molar-refractivity contribution in [3.05, 3.63) is 58.1 Å². The van der Waals surface area contributed by atoms with Crippen LogP contribution in [0, 0.1) is 6.92 Å². The quantitative estimate of drug-likeness (QED) is 0.843. The number of rotatable bonds is 5. The maximum Gasteiger partial charge on any atom is 0.255 e. The summed E-state index contributed by atoms with van der Waals surface area (Å²) in [5.41, 5.74) is 2.44. The van der Waals surface area contributed by atoms with E-state index in [0.29, 0.717) is 17.9 Å². The Morgan fingerprint density at radius 2 is 2.05 bits per heavy atom. The van der Waals surface area contributed by atoms with Crippen LogP contribution in [0.5, 0.6) is 5.75 Å². The van der Waals surface area contributed by atoms with Gasteiger partial charge in [0.15, 0.2) is 0 Å². The highest BCUT2D eigenvalue weighted by Crippen LogP contribution is 2.24. The van der Waals surface area contributed by atoms with Crippen LogP contribution in [0.4, 0.5) is 5.69 Å². The zero-order valence-electron chi connectivity index (χ0n) is 12.2. The van der Waals surface area contributed by atoms with Gasteiger partial charge in [0.25, 0.3) is 5.91 Å². The third-order valence-corrected chi connectivity index (χ3v) is 3.63. The molecule has 21 heavy (non-hydrogen) atoms. The number of hydrogen-bond donors (Lipinski definition) is 1. The molecule has 0 radical (unpaired) electrons. The van der Waals surface area contributed by atoms with Crippen LogP contribution in [0.1, 0.15) is 29.3 Å². The van der Waals surface area contributed by atoms with Gasteiger partial charge in [-0.3, -0.25) is 4.79 Å². The third-order valence-electron chi connectivity index (χ3n) is 2.94. The molecule has 0 fully saturated rings. The molecule has 0 unspecified atom stereocenters. The van der Waals surface area contributed by atoms with Gasteiger partial charge in [-0.15, -0.1) is 0 Å². The number of carbonyl (C=O) groups is 1. The fourth-order valence-corrected chi connectivity index (χ4v) is 2.22. The van der Waals surface area contributed by atoms with Crippen LogP contribution in [-0.4, -0.2) is 12.5 Å². The van der Waals surface area contributed by atoms with E-state index in [1.807, 2.05) is 44.2 Å². The zero-order chi connectivity index (χ0) is 15.2. The van der Waals surface area contributed by atoms with Gasteiger partial charge >= 0.3 is 0 Å². The van der Waals surface area contributed by atoms with Gasteiger partial charge in [-0.2, -0.15) is 0 Å². The molecule has 2 rings (SSSR count). The number of benzene rings is 2. The van der Waals surface area contributed by atoms with Crippen LogP contribution in [-0.2, 0) is 0 Å². The molecule has 110 valence electrons. The molecule has 0 atom stereocenters.